The molecular formula is C14H21NO5S. The van der Waals surface area contributed by atoms with Crippen molar-refractivity contribution in [3.8, 4) is 0 Å². The Morgan fingerprint density at radius 2 is 1.86 bits per heavy atom. The Balaban J connectivity index is 2.73. The molecule has 1 unspecified atom stereocenters. The largest absolute Gasteiger partial charge is 0.469 e. The molecule has 0 saturated heterocycles. The molecular weight excluding hydrogens is 294 g/mol. The number of hydrogen-bond acceptors (Lipinski definition) is 5. The maximum atomic E-state index is 12.0. The molecule has 0 amide bonds. The van der Waals surface area contributed by atoms with E-state index in [1.54, 1.807) is 26.0 Å². The van der Waals surface area contributed by atoms with Gasteiger partial charge in [-0.25, -0.2) is 13.1 Å². The van der Waals surface area contributed by atoms with Gasteiger partial charge in [0.15, 0.2) is 0 Å². The number of esters is 1. The number of carbonyl (C=O) groups is 1. The van der Waals surface area contributed by atoms with Crippen LogP contribution in [0.25, 0.3) is 0 Å². The van der Waals surface area contributed by atoms with Gasteiger partial charge in [0.1, 0.15) is 0 Å². The zero-order valence-electron chi connectivity index (χ0n) is 12.4. The lowest BCUT2D eigenvalue weighted by Gasteiger charge is -2.15. The number of aliphatic hydroxyl groups is 1. The summed E-state index contributed by atoms with van der Waals surface area (Å²) in [7, 11) is -2.37. The number of methoxy groups -OCH3 is 1. The van der Waals surface area contributed by atoms with Gasteiger partial charge in [-0.2, -0.15) is 0 Å². The summed E-state index contributed by atoms with van der Waals surface area (Å²) in [5, 5.41) is 9.63. The third kappa shape index (κ3) is 5.45. The Labute approximate surface area is 125 Å². The molecule has 1 rings (SSSR count). The van der Waals surface area contributed by atoms with E-state index in [9.17, 15) is 18.3 Å². The predicted octanol–water partition coefficient (Wildman–Crippen LogP) is 0.697. The van der Waals surface area contributed by atoms with E-state index in [1.165, 1.54) is 19.2 Å². The van der Waals surface area contributed by atoms with Crippen LogP contribution in [0.15, 0.2) is 29.2 Å². The van der Waals surface area contributed by atoms with E-state index in [1.807, 2.05) is 0 Å². The third-order valence-corrected chi connectivity index (χ3v) is 4.50. The van der Waals surface area contributed by atoms with Gasteiger partial charge in [-0.3, -0.25) is 4.79 Å². The molecule has 21 heavy (non-hydrogen) atoms. The molecule has 0 aliphatic rings. The molecule has 0 bridgehead atoms. The molecule has 0 aliphatic heterocycles. The first-order valence-electron chi connectivity index (χ1n) is 6.59. The maximum Gasteiger partial charge on any atom is 0.309 e. The Kier molecular flexibility index (Phi) is 6.32. The highest BCUT2D eigenvalue weighted by atomic mass is 32.2. The summed E-state index contributed by atoms with van der Waals surface area (Å²) >= 11 is 0. The van der Waals surface area contributed by atoms with Gasteiger partial charge < -0.3 is 9.84 Å². The summed E-state index contributed by atoms with van der Waals surface area (Å²) in [6, 6.07) is 5.96. The van der Waals surface area contributed by atoms with E-state index in [4.69, 9.17) is 0 Å². The van der Waals surface area contributed by atoms with Gasteiger partial charge >= 0.3 is 5.97 Å². The number of rotatable bonds is 7. The van der Waals surface area contributed by atoms with Gasteiger partial charge in [-0.15, -0.1) is 0 Å². The van der Waals surface area contributed by atoms with Gasteiger partial charge in [0.05, 0.1) is 24.5 Å². The monoisotopic (exact) mass is 315 g/mol. The summed E-state index contributed by atoms with van der Waals surface area (Å²) in [6.45, 7) is 3.57. The fraction of sp³-hybridized carbons (Fsp3) is 0.500. The zero-order chi connectivity index (χ0) is 16.0. The van der Waals surface area contributed by atoms with Crippen LogP contribution in [0.2, 0.25) is 0 Å². The number of sulfonamides is 1. The number of ether oxygens (including phenoxy) is 1. The fourth-order valence-corrected chi connectivity index (χ4v) is 2.59. The Bertz CT molecular complexity index is 566. The standard InChI is InChI=1S/C14H21NO5S/c1-10(2)13(16)9-15-21(18,19)12-6-4-11(5-7-12)8-14(17)20-3/h4-7,10,13,15-16H,8-9H2,1-3H3. The molecule has 0 saturated carbocycles. The van der Waals surface area contributed by atoms with Crippen molar-refractivity contribution in [2.75, 3.05) is 13.7 Å². The lowest BCUT2D eigenvalue weighted by atomic mass is 10.1. The molecule has 0 fully saturated rings. The highest BCUT2D eigenvalue weighted by Crippen LogP contribution is 2.12. The van der Waals surface area contributed by atoms with Crippen molar-refractivity contribution in [2.24, 2.45) is 5.92 Å². The predicted molar refractivity (Wildman–Crippen MR) is 78.2 cm³/mol. The van der Waals surface area contributed by atoms with Crippen LogP contribution in [-0.2, 0) is 26.0 Å². The molecule has 0 aliphatic carbocycles. The molecule has 0 aromatic heterocycles. The van der Waals surface area contributed by atoms with Gasteiger partial charge in [-0.05, 0) is 23.6 Å². The average molecular weight is 315 g/mol. The Hall–Kier alpha value is -1.44. The number of carbonyl (C=O) groups excluding carboxylic acids is 1. The van der Waals surface area contributed by atoms with Crippen LogP contribution in [0.4, 0.5) is 0 Å². The van der Waals surface area contributed by atoms with E-state index in [-0.39, 0.29) is 29.7 Å². The van der Waals surface area contributed by atoms with Crippen molar-refractivity contribution in [3.05, 3.63) is 29.8 Å². The smallest absolute Gasteiger partial charge is 0.309 e. The summed E-state index contributed by atoms with van der Waals surface area (Å²) < 4.78 is 31.0. The lowest BCUT2D eigenvalue weighted by Crippen LogP contribution is -2.34. The van der Waals surface area contributed by atoms with E-state index < -0.39 is 16.1 Å². The van der Waals surface area contributed by atoms with Gasteiger partial charge in [0.2, 0.25) is 10.0 Å². The summed E-state index contributed by atoms with van der Waals surface area (Å²) in [5.74, 6) is -0.418. The molecule has 0 spiro atoms. The van der Waals surface area contributed by atoms with Crippen molar-refractivity contribution in [1.29, 1.82) is 0 Å². The van der Waals surface area contributed by atoms with Crippen LogP contribution in [0.5, 0.6) is 0 Å². The first kappa shape index (κ1) is 17.6. The van der Waals surface area contributed by atoms with Gasteiger partial charge in [0, 0.05) is 6.54 Å². The second-order valence-electron chi connectivity index (χ2n) is 5.06. The average Bonchev–Trinajstić information content (AvgIpc) is 2.45. The number of hydrogen-bond donors (Lipinski definition) is 2. The van der Waals surface area contributed by atoms with Crippen LogP contribution in [0, 0.1) is 5.92 Å². The normalized spacial score (nSPS) is 13.2. The quantitative estimate of drug-likeness (QED) is 0.723. The number of benzene rings is 1. The van der Waals surface area contributed by atoms with Crippen molar-refractivity contribution >= 4 is 16.0 Å². The minimum atomic E-state index is -3.67. The van der Waals surface area contributed by atoms with Crippen molar-refractivity contribution < 1.29 is 23.1 Å². The minimum absolute atomic E-state index is 0.0323. The molecule has 1 aromatic rings. The molecule has 0 heterocycles. The second kappa shape index (κ2) is 7.53. The van der Waals surface area contributed by atoms with Crippen LogP contribution < -0.4 is 4.72 Å². The lowest BCUT2D eigenvalue weighted by molar-refractivity contribution is -0.139. The summed E-state index contributed by atoms with van der Waals surface area (Å²) in [4.78, 5) is 11.2. The van der Waals surface area contributed by atoms with Crippen molar-refractivity contribution in [1.82, 2.24) is 4.72 Å². The first-order valence-corrected chi connectivity index (χ1v) is 8.08. The second-order valence-corrected chi connectivity index (χ2v) is 6.83. The molecule has 118 valence electrons. The van der Waals surface area contributed by atoms with Crippen LogP contribution in [0.3, 0.4) is 0 Å². The Morgan fingerprint density at radius 1 is 1.29 bits per heavy atom. The highest BCUT2D eigenvalue weighted by molar-refractivity contribution is 7.89. The molecule has 7 heteroatoms. The van der Waals surface area contributed by atoms with Crippen LogP contribution >= 0.6 is 0 Å². The molecule has 0 radical (unpaired) electrons. The van der Waals surface area contributed by atoms with E-state index >= 15 is 0 Å². The third-order valence-electron chi connectivity index (χ3n) is 3.06. The molecule has 2 N–H and O–H groups in total. The van der Waals surface area contributed by atoms with E-state index in [0.717, 1.165) is 0 Å². The van der Waals surface area contributed by atoms with Gasteiger partial charge in [0.25, 0.3) is 0 Å². The minimum Gasteiger partial charge on any atom is -0.469 e. The van der Waals surface area contributed by atoms with Crippen molar-refractivity contribution in [3.63, 3.8) is 0 Å². The highest BCUT2D eigenvalue weighted by Gasteiger charge is 2.17. The first-order chi connectivity index (χ1) is 9.76. The number of nitrogens with one attached hydrogen (secondary N) is 1. The topological polar surface area (TPSA) is 92.7 Å². The maximum absolute atomic E-state index is 12.0. The zero-order valence-corrected chi connectivity index (χ0v) is 13.2. The molecule has 1 atom stereocenters. The van der Waals surface area contributed by atoms with E-state index in [2.05, 4.69) is 9.46 Å². The number of aliphatic hydroxyl groups excluding tert-OH is 1. The van der Waals surface area contributed by atoms with Crippen LogP contribution in [-0.4, -0.2) is 39.3 Å². The fourth-order valence-electron chi connectivity index (χ4n) is 1.54. The van der Waals surface area contributed by atoms with Crippen LogP contribution in [0.1, 0.15) is 19.4 Å². The van der Waals surface area contributed by atoms with Gasteiger partial charge in [-0.1, -0.05) is 26.0 Å². The molecule has 1 aromatic carbocycles. The van der Waals surface area contributed by atoms with E-state index in [0.29, 0.717) is 5.56 Å². The summed E-state index contributed by atoms with van der Waals surface area (Å²) in [6.07, 6.45) is -0.644. The van der Waals surface area contributed by atoms with Crippen molar-refractivity contribution in [2.45, 2.75) is 31.3 Å². The Morgan fingerprint density at radius 3 is 2.33 bits per heavy atom. The molecule has 6 nitrogen and oxygen atoms in total. The SMILES string of the molecule is COC(=O)Cc1ccc(S(=O)(=O)NCC(O)C(C)C)cc1. The summed E-state index contributed by atoms with van der Waals surface area (Å²) in [5.41, 5.74) is 0.669.